The predicted molar refractivity (Wildman–Crippen MR) is 108 cm³/mol. The van der Waals surface area contributed by atoms with Crippen molar-refractivity contribution in [3.63, 3.8) is 0 Å². The van der Waals surface area contributed by atoms with E-state index in [-0.39, 0.29) is 28.8 Å². The lowest BCUT2D eigenvalue weighted by Gasteiger charge is -2.34. The Morgan fingerprint density at radius 2 is 2.03 bits per heavy atom. The van der Waals surface area contributed by atoms with Gasteiger partial charge in [0.15, 0.2) is 11.6 Å². The zero-order chi connectivity index (χ0) is 20.4. The van der Waals surface area contributed by atoms with Gasteiger partial charge in [0, 0.05) is 50.4 Å². The second-order valence-electron chi connectivity index (χ2n) is 6.66. The highest BCUT2D eigenvalue weighted by Gasteiger charge is 2.22. The number of fused-ring (bicyclic) bond motifs is 1. The molecule has 0 saturated carbocycles. The van der Waals surface area contributed by atoms with Crippen molar-refractivity contribution in [2.45, 2.75) is 6.54 Å². The molecule has 0 atom stereocenters. The Morgan fingerprint density at radius 1 is 1.24 bits per heavy atom. The van der Waals surface area contributed by atoms with E-state index in [1.807, 2.05) is 5.38 Å². The van der Waals surface area contributed by atoms with E-state index in [0.29, 0.717) is 37.7 Å². The molecule has 1 fully saturated rings. The lowest BCUT2D eigenvalue weighted by atomic mass is 10.2. The molecule has 1 amide bonds. The number of thiazole rings is 1. The van der Waals surface area contributed by atoms with Crippen LogP contribution in [0.5, 0.6) is 5.75 Å². The lowest BCUT2D eigenvalue weighted by Crippen LogP contribution is -2.49. The van der Waals surface area contributed by atoms with Crippen LogP contribution in [0.3, 0.4) is 0 Å². The summed E-state index contributed by atoms with van der Waals surface area (Å²) in [5, 5.41) is 1.97. The molecule has 2 aromatic heterocycles. The quantitative estimate of drug-likeness (QED) is 0.614. The molecule has 3 aromatic rings. The van der Waals surface area contributed by atoms with Gasteiger partial charge in [-0.05, 0) is 18.2 Å². The van der Waals surface area contributed by atoms with Crippen LogP contribution in [0.1, 0.15) is 5.69 Å². The average molecular weight is 437 g/mol. The van der Waals surface area contributed by atoms with Gasteiger partial charge >= 0.3 is 0 Å². The first-order valence-electron chi connectivity index (χ1n) is 9.03. The molecule has 0 spiro atoms. The van der Waals surface area contributed by atoms with Crippen LogP contribution in [-0.2, 0) is 11.3 Å². The van der Waals surface area contributed by atoms with Crippen LogP contribution >= 0.6 is 22.9 Å². The Labute approximate surface area is 174 Å². The van der Waals surface area contributed by atoms with Crippen LogP contribution in [-0.4, -0.2) is 57.9 Å². The number of hydrogen-bond acceptors (Lipinski definition) is 6. The third-order valence-corrected chi connectivity index (χ3v) is 5.76. The van der Waals surface area contributed by atoms with Gasteiger partial charge in [0.1, 0.15) is 11.6 Å². The lowest BCUT2D eigenvalue weighted by molar-refractivity contribution is -0.135. The summed E-state index contributed by atoms with van der Waals surface area (Å²) >= 11 is 7.33. The minimum absolute atomic E-state index is 0.0864. The van der Waals surface area contributed by atoms with E-state index < -0.39 is 5.82 Å². The van der Waals surface area contributed by atoms with Crippen LogP contribution in [0, 0.1) is 5.82 Å². The first-order chi connectivity index (χ1) is 14.0. The highest BCUT2D eigenvalue weighted by molar-refractivity contribution is 7.15. The molecule has 0 bridgehead atoms. The number of benzene rings is 1. The summed E-state index contributed by atoms with van der Waals surface area (Å²) in [7, 11) is 0. The van der Waals surface area contributed by atoms with Crippen LogP contribution in [0.25, 0.3) is 4.96 Å². The Kier molecular flexibility index (Phi) is 5.79. The topological polar surface area (TPSA) is 67.2 Å². The Balaban J connectivity index is 1.29. The van der Waals surface area contributed by atoms with E-state index in [1.54, 1.807) is 17.2 Å². The van der Waals surface area contributed by atoms with Crippen molar-refractivity contribution in [1.29, 1.82) is 0 Å². The fraction of sp³-hybridized carbons (Fsp3) is 0.316. The predicted octanol–water partition coefficient (Wildman–Crippen LogP) is 2.27. The van der Waals surface area contributed by atoms with Crippen molar-refractivity contribution < 1.29 is 13.9 Å². The van der Waals surface area contributed by atoms with E-state index in [1.165, 1.54) is 27.9 Å². The number of amides is 1. The molecule has 0 radical (unpaired) electrons. The van der Waals surface area contributed by atoms with Gasteiger partial charge in [0.25, 0.3) is 11.5 Å². The molecule has 0 unspecified atom stereocenters. The average Bonchev–Trinajstić information content (AvgIpc) is 3.17. The monoisotopic (exact) mass is 436 g/mol. The zero-order valence-corrected chi connectivity index (χ0v) is 17.0. The van der Waals surface area contributed by atoms with E-state index in [9.17, 15) is 14.0 Å². The highest BCUT2D eigenvalue weighted by Crippen LogP contribution is 2.24. The fourth-order valence-corrected chi connectivity index (χ4v) is 4.14. The zero-order valence-electron chi connectivity index (χ0n) is 15.4. The molecule has 1 aromatic carbocycles. The number of halogens is 2. The normalized spacial score (nSPS) is 15.0. The number of nitrogens with zero attached hydrogens (tertiary/aromatic N) is 4. The number of rotatable bonds is 5. The van der Waals surface area contributed by atoms with Crippen molar-refractivity contribution in [2.24, 2.45) is 0 Å². The summed E-state index contributed by atoms with van der Waals surface area (Å²) in [6, 6.07) is 5.34. The van der Waals surface area contributed by atoms with Gasteiger partial charge in [0.05, 0.1) is 10.7 Å². The second-order valence-corrected chi connectivity index (χ2v) is 7.94. The number of carbonyl (C=O) groups excluding carboxylic acids is 1. The summed E-state index contributed by atoms with van der Waals surface area (Å²) in [6.45, 7) is 2.87. The molecule has 4 rings (SSSR count). The number of hydrogen-bond donors (Lipinski definition) is 0. The summed E-state index contributed by atoms with van der Waals surface area (Å²) in [6.07, 6.45) is 1.71. The number of piperazine rings is 1. The molecule has 0 N–H and O–H groups in total. The molecule has 1 saturated heterocycles. The van der Waals surface area contributed by atoms with Crippen molar-refractivity contribution in [3.05, 3.63) is 62.7 Å². The molecular weight excluding hydrogens is 419 g/mol. The van der Waals surface area contributed by atoms with E-state index in [0.717, 1.165) is 11.8 Å². The van der Waals surface area contributed by atoms with Gasteiger partial charge in [0.2, 0.25) is 0 Å². The number of ether oxygens (including phenoxy) is 1. The maximum Gasteiger partial charge on any atom is 0.260 e. The van der Waals surface area contributed by atoms with Gasteiger partial charge < -0.3 is 9.64 Å². The van der Waals surface area contributed by atoms with E-state index in [4.69, 9.17) is 16.3 Å². The van der Waals surface area contributed by atoms with Gasteiger partial charge in [-0.1, -0.05) is 11.6 Å². The van der Waals surface area contributed by atoms with Gasteiger partial charge in [-0.15, -0.1) is 11.3 Å². The van der Waals surface area contributed by atoms with Crippen LogP contribution in [0.4, 0.5) is 4.39 Å². The smallest absolute Gasteiger partial charge is 0.260 e. The molecule has 152 valence electrons. The Bertz CT molecular complexity index is 1090. The van der Waals surface area contributed by atoms with Crippen LogP contribution in [0.15, 0.2) is 40.6 Å². The highest BCUT2D eigenvalue weighted by atomic mass is 35.5. The van der Waals surface area contributed by atoms with Gasteiger partial charge in [-0.2, -0.15) is 0 Å². The first kappa shape index (κ1) is 19.8. The number of aromatic nitrogens is 2. The van der Waals surface area contributed by atoms with Crippen molar-refractivity contribution in [1.82, 2.24) is 19.2 Å². The number of carbonyl (C=O) groups is 1. The molecule has 7 nitrogen and oxygen atoms in total. The largest absolute Gasteiger partial charge is 0.482 e. The first-order valence-corrected chi connectivity index (χ1v) is 10.3. The van der Waals surface area contributed by atoms with E-state index in [2.05, 4.69) is 9.88 Å². The van der Waals surface area contributed by atoms with Gasteiger partial charge in [-0.25, -0.2) is 9.37 Å². The summed E-state index contributed by atoms with van der Waals surface area (Å²) < 4.78 is 20.0. The summed E-state index contributed by atoms with van der Waals surface area (Å²) in [5.74, 6) is -0.331. The SMILES string of the molecule is O=C(COc1ccc(F)cc1Cl)N1CCN(Cc2cc(=O)n3ccsc3n2)CC1. The molecule has 1 aliphatic rings. The van der Waals surface area contributed by atoms with Crippen LogP contribution < -0.4 is 10.3 Å². The summed E-state index contributed by atoms with van der Waals surface area (Å²) in [5.41, 5.74) is 0.642. The second kappa shape index (κ2) is 8.48. The summed E-state index contributed by atoms with van der Waals surface area (Å²) in [4.78, 5) is 33.6. The van der Waals surface area contributed by atoms with Crippen molar-refractivity contribution in [2.75, 3.05) is 32.8 Å². The van der Waals surface area contributed by atoms with Crippen LogP contribution in [0.2, 0.25) is 5.02 Å². The molecule has 0 aliphatic carbocycles. The molecule has 29 heavy (non-hydrogen) atoms. The Hall–Kier alpha value is -2.49. The Morgan fingerprint density at radius 3 is 2.79 bits per heavy atom. The fourth-order valence-electron chi connectivity index (χ4n) is 3.18. The van der Waals surface area contributed by atoms with Crippen molar-refractivity contribution in [3.8, 4) is 5.75 Å². The third-order valence-electron chi connectivity index (χ3n) is 4.71. The molecule has 10 heteroatoms. The minimum Gasteiger partial charge on any atom is -0.482 e. The third kappa shape index (κ3) is 4.58. The van der Waals surface area contributed by atoms with E-state index >= 15 is 0 Å². The maximum absolute atomic E-state index is 13.1. The minimum atomic E-state index is -0.458. The molecule has 3 heterocycles. The molecular formula is C19H18ClFN4O3S. The molecule has 1 aliphatic heterocycles. The van der Waals surface area contributed by atoms with Gasteiger partial charge in [-0.3, -0.25) is 18.9 Å². The standard InChI is InChI=1S/C19H18ClFN4O3S/c20-15-9-13(21)1-2-16(15)28-12-18(27)24-5-3-23(4-6-24)11-14-10-17(26)25-7-8-29-19(25)22-14/h1-2,7-10H,3-6,11-12H2. The van der Waals surface area contributed by atoms with Crippen molar-refractivity contribution >= 4 is 33.8 Å². The maximum atomic E-state index is 13.1.